The number of hydrogen-bond acceptors (Lipinski definition) is 5. The lowest BCUT2D eigenvalue weighted by Crippen LogP contribution is -2.35. The van der Waals surface area contributed by atoms with Crippen LogP contribution >= 0.6 is 34.5 Å². The van der Waals surface area contributed by atoms with Crippen molar-refractivity contribution in [2.75, 3.05) is 13.1 Å². The van der Waals surface area contributed by atoms with Gasteiger partial charge in [-0.05, 0) is 6.07 Å². The number of hydrogen-bond donors (Lipinski definition) is 0. The van der Waals surface area contributed by atoms with E-state index in [-0.39, 0.29) is 29.8 Å². The zero-order valence-electron chi connectivity index (χ0n) is 14.1. The van der Waals surface area contributed by atoms with E-state index in [4.69, 9.17) is 23.2 Å². The number of alkyl halides is 2. The summed E-state index contributed by atoms with van der Waals surface area (Å²) in [6.45, 7) is -0.984. The van der Waals surface area contributed by atoms with Crippen molar-refractivity contribution in [2.24, 2.45) is 0 Å². The predicted molar refractivity (Wildman–Crippen MR) is 104 cm³/mol. The third kappa shape index (κ3) is 3.38. The lowest BCUT2D eigenvalue weighted by atomic mass is 10.1. The highest BCUT2D eigenvalue weighted by molar-refractivity contribution is 7.17. The fourth-order valence-electron chi connectivity index (χ4n) is 3.03. The maximum absolute atomic E-state index is 13.3. The smallest absolute Gasteiger partial charge is 0.263 e. The monoisotopic (exact) mass is 444 g/mol. The summed E-state index contributed by atoms with van der Waals surface area (Å²) in [6.07, 6.45) is -0.657. The topological polar surface area (TPSA) is 68.1 Å². The van der Waals surface area contributed by atoms with Gasteiger partial charge >= 0.3 is 0 Å². The van der Waals surface area contributed by atoms with Gasteiger partial charge in [-0.3, -0.25) is 14.2 Å². The molecule has 1 aliphatic rings. The molecule has 3 aromatic rings. The molecule has 0 spiro atoms. The molecule has 0 aliphatic carbocycles. The lowest BCUT2D eigenvalue weighted by Gasteiger charge is -2.15. The van der Waals surface area contributed by atoms with E-state index >= 15 is 0 Å². The van der Waals surface area contributed by atoms with Crippen LogP contribution in [0.25, 0.3) is 21.3 Å². The van der Waals surface area contributed by atoms with Crippen LogP contribution in [-0.2, 0) is 11.3 Å². The van der Waals surface area contributed by atoms with Crippen molar-refractivity contribution in [3.05, 3.63) is 44.5 Å². The van der Waals surface area contributed by atoms with Gasteiger partial charge in [0.1, 0.15) is 16.5 Å². The largest absolute Gasteiger partial charge is 0.335 e. The predicted octanol–water partition coefficient (Wildman–Crippen LogP) is 3.35. The van der Waals surface area contributed by atoms with Gasteiger partial charge in [0.15, 0.2) is 12.3 Å². The van der Waals surface area contributed by atoms with E-state index < -0.39 is 23.8 Å². The van der Waals surface area contributed by atoms with Crippen LogP contribution in [-0.4, -0.2) is 50.8 Å². The van der Waals surface area contributed by atoms with E-state index in [1.54, 1.807) is 11.4 Å². The van der Waals surface area contributed by atoms with Crippen molar-refractivity contribution in [2.45, 2.75) is 18.9 Å². The maximum Gasteiger partial charge on any atom is 0.263 e. The Morgan fingerprint density at radius 3 is 2.64 bits per heavy atom. The SMILES string of the molecule is O=C(Cn1cnc2scc(-c3cnc(Cl)c(Cl)c3)c2c1=O)N1CC(F)C(F)C1. The first-order valence-electron chi connectivity index (χ1n) is 8.19. The third-order valence-corrected chi connectivity index (χ3v) is 6.08. The molecule has 3 aromatic heterocycles. The number of nitrogens with zero attached hydrogens (tertiary/aromatic N) is 4. The summed E-state index contributed by atoms with van der Waals surface area (Å²) in [5.41, 5.74) is 0.719. The molecule has 4 heterocycles. The molecule has 1 amide bonds. The second-order valence-corrected chi connectivity index (χ2v) is 7.96. The molecule has 146 valence electrons. The first-order valence-corrected chi connectivity index (χ1v) is 9.82. The summed E-state index contributed by atoms with van der Waals surface area (Å²) in [6, 6.07) is 1.59. The Kier molecular flexibility index (Phi) is 5.07. The second-order valence-electron chi connectivity index (χ2n) is 6.33. The number of carbonyl (C=O) groups is 1. The number of rotatable bonds is 3. The van der Waals surface area contributed by atoms with Gasteiger partial charge in [-0.25, -0.2) is 18.7 Å². The van der Waals surface area contributed by atoms with E-state index in [9.17, 15) is 18.4 Å². The highest BCUT2D eigenvalue weighted by atomic mass is 35.5. The molecule has 2 unspecified atom stereocenters. The fourth-order valence-corrected chi connectivity index (χ4v) is 4.21. The molecule has 4 rings (SSSR count). The molecule has 0 radical (unpaired) electrons. The average molecular weight is 445 g/mol. The van der Waals surface area contributed by atoms with Crippen molar-refractivity contribution >= 4 is 50.7 Å². The van der Waals surface area contributed by atoms with Crippen LogP contribution in [0.2, 0.25) is 10.2 Å². The maximum atomic E-state index is 13.3. The van der Waals surface area contributed by atoms with Gasteiger partial charge in [0.25, 0.3) is 5.56 Å². The van der Waals surface area contributed by atoms with Crippen molar-refractivity contribution in [3.8, 4) is 11.1 Å². The summed E-state index contributed by atoms with van der Waals surface area (Å²) < 4.78 is 27.8. The molecule has 1 aliphatic heterocycles. The zero-order chi connectivity index (χ0) is 20.0. The molecule has 0 aromatic carbocycles. The van der Waals surface area contributed by atoms with E-state index in [0.29, 0.717) is 21.3 Å². The van der Waals surface area contributed by atoms with Gasteiger partial charge in [0, 0.05) is 22.7 Å². The standard InChI is InChI=1S/C17H12Cl2F2N4O2S/c18-10-1-8(2-22-15(10)19)9-6-28-16-14(9)17(27)25(7-23-16)5-13(26)24-3-11(20)12(21)4-24/h1-2,6-7,11-12H,3-5H2. The summed E-state index contributed by atoms with van der Waals surface area (Å²) in [7, 11) is 0. The molecule has 11 heteroatoms. The van der Waals surface area contributed by atoms with Crippen LogP contribution in [0.5, 0.6) is 0 Å². The summed E-state index contributed by atoms with van der Waals surface area (Å²) in [5, 5.41) is 2.45. The van der Waals surface area contributed by atoms with Crippen LogP contribution in [0.15, 0.2) is 28.8 Å². The van der Waals surface area contributed by atoms with Gasteiger partial charge < -0.3 is 4.90 Å². The molecule has 1 fully saturated rings. The molecule has 0 bridgehead atoms. The minimum Gasteiger partial charge on any atom is -0.335 e. The number of halogens is 4. The van der Waals surface area contributed by atoms with Crippen molar-refractivity contribution in [3.63, 3.8) is 0 Å². The van der Waals surface area contributed by atoms with Crippen LogP contribution in [0, 0.1) is 0 Å². The summed E-state index contributed by atoms with van der Waals surface area (Å²) in [4.78, 5) is 35.0. The Morgan fingerprint density at radius 1 is 1.25 bits per heavy atom. The normalized spacial score (nSPS) is 19.5. The number of thiophene rings is 1. The highest BCUT2D eigenvalue weighted by Gasteiger charge is 2.35. The van der Waals surface area contributed by atoms with Gasteiger partial charge in [0.05, 0.1) is 29.8 Å². The van der Waals surface area contributed by atoms with E-state index in [0.717, 1.165) is 9.47 Å². The highest BCUT2D eigenvalue weighted by Crippen LogP contribution is 2.33. The average Bonchev–Trinajstić information content (AvgIpc) is 3.24. The molecule has 1 saturated heterocycles. The molecule has 0 N–H and O–H groups in total. The summed E-state index contributed by atoms with van der Waals surface area (Å²) in [5.74, 6) is -0.543. The Hall–Kier alpha value is -2.10. The van der Waals surface area contributed by atoms with E-state index in [2.05, 4.69) is 9.97 Å². The number of carbonyl (C=O) groups excluding carboxylic acids is 1. The van der Waals surface area contributed by atoms with Crippen LogP contribution < -0.4 is 5.56 Å². The van der Waals surface area contributed by atoms with Gasteiger partial charge in [-0.15, -0.1) is 11.3 Å². The molecule has 28 heavy (non-hydrogen) atoms. The van der Waals surface area contributed by atoms with Crippen LogP contribution in [0.3, 0.4) is 0 Å². The third-order valence-electron chi connectivity index (χ3n) is 4.51. The second kappa shape index (κ2) is 7.38. The minimum absolute atomic E-state index is 0.147. The molecule has 2 atom stereocenters. The zero-order valence-corrected chi connectivity index (χ0v) is 16.4. The first kappa shape index (κ1) is 19.2. The Labute approximate surface area is 171 Å². The van der Waals surface area contributed by atoms with E-state index in [1.807, 2.05) is 0 Å². The van der Waals surface area contributed by atoms with Crippen molar-refractivity contribution in [1.82, 2.24) is 19.4 Å². The van der Waals surface area contributed by atoms with Crippen molar-refractivity contribution in [1.29, 1.82) is 0 Å². The molecular formula is C17H12Cl2F2N4O2S. The number of fused-ring (bicyclic) bond motifs is 1. The van der Waals surface area contributed by atoms with Gasteiger partial charge in [-0.2, -0.15) is 0 Å². The quantitative estimate of drug-likeness (QED) is 0.580. The number of amides is 1. The Bertz CT molecular complexity index is 1130. The van der Waals surface area contributed by atoms with E-state index in [1.165, 1.54) is 23.9 Å². The minimum atomic E-state index is -1.70. The van der Waals surface area contributed by atoms with Crippen LogP contribution in [0.1, 0.15) is 0 Å². The number of pyridine rings is 1. The fraction of sp³-hybridized carbons (Fsp3) is 0.294. The molecular weight excluding hydrogens is 433 g/mol. The lowest BCUT2D eigenvalue weighted by molar-refractivity contribution is -0.131. The van der Waals surface area contributed by atoms with Gasteiger partial charge in [0.2, 0.25) is 5.91 Å². The van der Waals surface area contributed by atoms with Crippen molar-refractivity contribution < 1.29 is 13.6 Å². The Balaban J connectivity index is 1.70. The molecule has 0 saturated carbocycles. The number of aromatic nitrogens is 3. The molecule has 6 nitrogen and oxygen atoms in total. The van der Waals surface area contributed by atoms with Gasteiger partial charge in [-0.1, -0.05) is 23.2 Å². The first-order chi connectivity index (χ1) is 13.3. The Morgan fingerprint density at radius 2 is 1.96 bits per heavy atom. The summed E-state index contributed by atoms with van der Waals surface area (Å²) >= 11 is 13.1. The van der Waals surface area contributed by atoms with Crippen LogP contribution in [0.4, 0.5) is 8.78 Å². The number of likely N-dealkylation sites (tertiary alicyclic amines) is 1.